The Labute approximate surface area is 133 Å². The Balaban J connectivity index is 2.00. The molecule has 2 rings (SSSR count). The Bertz CT molecular complexity index is 444. The molecule has 0 aliphatic heterocycles. The van der Waals surface area contributed by atoms with Gasteiger partial charge in [-0.15, -0.1) is 0 Å². The van der Waals surface area contributed by atoms with Crippen LogP contribution in [0.4, 0.5) is 8.78 Å². The summed E-state index contributed by atoms with van der Waals surface area (Å²) < 4.78 is 27.6. The second-order valence-electron chi connectivity index (χ2n) is 5.97. The van der Waals surface area contributed by atoms with E-state index >= 15 is 0 Å². The third-order valence-corrected chi connectivity index (χ3v) is 4.64. The molecule has 1 N–H and O–H groups in total. The van der Waals surface area contributed by atoms with Crippen molar-refractivity contribution in [3.8, 4) is 0 Å². The quantitative estimate of drug-likeness (QED) is 0.802. The van der Waals surface area contributed by atoms with Gasteiger partial charge >= 0.3 is 0 Å². The number of halogens is 3. The molecule has 1 heterocycles. The molecular formula is C16H23BrF2N2. The summed E-state index contributed by atoms with van der Waals surface area (Å²) in [6.45, 7) is 3.05. The minimum absolute atomic E-state index is 0.0265. The van der Waals surface area contributed by atoms with E-state index in [-0.39, 0.29) is 18.9 Å². The van der Waals surface area contributed by atoms with Crippen molar-refractivity contribution in [3.05, 3.63) is 28.5 Å². The lowest BCUT2D eigenvalue weighted by Crippen LogP contribution is -2.41. The molecule has 0 radical (unpaired) electrons. The first-order valence-corrected chi connectivity index (χ1v) is 8.50. The van der Waals surface area contributed by atoms with E-state index in [0.717, 1.165) is 29.4 Å². The van der Waals surface area contributed by atoms with Gasteiger partial charge in [0, 0.05) is 35.7 Å². The molecule has 1 unspecified atom stereocenters. The van der Waals surface area contributed by atoms with Crippen LogP contribution in [0.2, 0.25) is 0 Å². The van der Waals surface area contributed by atoms with Crippen molar-refractivity contribution in [2.75, 3.05) is 6.54 Å². The van der Waals surface area contributed by atoms with Crippen molar-refractivity contribution in [2.45, 2.75) is 57.4 Å². The largest absolute Gasteiger partial charge is 0.313 e. The Kier molecular flexibility index (Phi) is 6.11. The standard InChI is InChI=1S/C16H23BrF2N2/c1-2-7-21-15(9-12-8-14(17)11-20-10-12)13-3-5-16(18,19)6-4-13/h8,10-11,13,15,21H,2-7,9H2,1H3. The van der Waals surface area contributed by atoms with Gasteiger partial charge < -0.3 is 5.32 Å². The van der Waals surface area contributed by atoms with Gasteiger partial charge in [0.1, 0.15) is 0 Å². The van der Waals surface area contributed by atoms with Crippen LogP contribution in [0.3, 0.4) is 0 Å². The molecule has 1 saturated carbocycles. The van der Waals surface area contributed by atoms with Gasteiger partial charge in [0.25, 0.3) is 0 Å². The van der Waals surface area contributed by atoms with Crippen LogP contribution >= 0.6 is 15.9 Å². The zero-order valence-corrected chi connectivity index (χ0v) is 14.0. The Hall–Kier alpha value is -0.550. The normalized spacial score (nSPS) is 20.4. The van der Waals surface area contributed by atoms with Crippen LogP contribution in [-0.2, 0) is 6.42 Å². The lowest BCUT2D eigenvalue weighted by molar-refractivity contribution is -0.0495. The fourth-order valence-electron chi connectivity index (χ4n) is 3.02. The van der Waals surface area contributed by atoms with Crippen molar-refractivity contribution in [1.29, 1.82) is 0 Å². The number of nitrogens with zero attached hydrogens (tertiary/aromatic N) is 1. The first-order valence-electron chi connectivity index (χ1n) is 7.71. The fraction of sp³-hybridized carbons (Fsp3) is 0.688. The van der Waals surface area contributed by atoms with Crippen LogP contribution in [-0.4, -0.2) is 23.5 Å². The van der Waals surface area contributed by atoms with E-state index in [2.05, 4.69) is 39.2 Å². The molecule has 5 heteroatoms. The molecular weight excluding hydrogens is 338 g/mol. The summed E-state index contributed by atoms with van der Waals surface area (Å²) in [5.74, 6) is -2.13. The smallest absolute Gasteiger partial charge is 0.248 e. The van der Waals surface area contributed by atoms with Crippen molar-refractivity contribution >= 4 is 15.9 Å². The summed E-state index contributed by atoms with van der Waals surface area (Å²) in [6.07, 6.45) is 6.80. The molecule has 0 saturated heterocycles. The maximum Gasteiger partial charge on any atom is 0.248 e. The third-order valence-electron chi connectivity index (χ3n) is 4.20. The van der Waals surface area contributed by atoms with Crippen LogP contribution in [0.1, 0.15) is 44.6 Å². The Morgan fingerprint density at radius 2 is 2.10 bits per heavy atom. The molecule has 0 aromatic carbocycles. The second kappa shape index (κ2) is 7.63. The fourth-order valence-corrected chi connectivity index (χ4v) is 3.43. The number of hydrogen-bond acceptors (Lipinski definition) is 2. The van der Waals surface area contributed by atoms with Gasteiger partial charge in [-0.2, -0.15) is 0 Å². The minimum Gasteiger partial charge on any atom is -0.313 e. The van der Waals surface area contributed by atoms with Crippen LogP contribution in [0.15, 0.2) is 22.9 Å². The van der Waals surface area contributed by atoms with Crippen LogP contribution in [0.5, 0.6) is 0 Å². The minimum atomic E-state index is -2.46. The lowest BCUT2D eigenvalue weighted by atomic mass is 9.80. The van der Waals surface area contributed by atoms with Crippen LogP contribution < -0.4 is 5.32 Å². The van der Waals surface area contributed by atoms with Gasteiger partial charge in [-0.3, -0.25) is 4.98 Å². The zero-order valence-electron chi connectivity index (χ0n) is 12.4. The number of alkyl halides is 2. The second-order valence-corrected chi connectivity index (χ2v) is 6.89. The van der Waals surface area contributed by atoms with E-state index in [9.17, 15) is 8.78 Å². The number of rotatable bonds is 6. The summed E-state index contributed by atoms with van der Waals surface area (Å²) in [5.41, 5.74) is 1.15. The molecule has 21 heavy (non-hydrogen) atoms. The highest BCUT2D eigenvalue weighted by Crippen LogP contribution is 2.38. The van der Waals surface area contributed by atoms with Crippen molar-refractivity contribution < 1.29 is 8.78 Å². The molecule has 1 atom stereocenters. The van der Waals surface area contributed by atoms with Gasteiger partial charge in [-0.25, -0.2) is 8.78 Å². The van der Waals surface area contributed by atoms with Gasteiger partial charge in [-0.05, 0) is 65.7 Å². The number of pyridine rings is 1. The van der Waals surface area contributed by atoms with Gasteiger partial charge in [0.15, 0.2) is 0 Å². The van der Waals surface area contributed by atoms with Crippen molar-refractivity contribution in [3.63, 3.8) is 0 Å². The molecule has 1 aromatic heterocycles. The van der Waals surface area contributed by atoms with E-state index in [0.29, 0.717) is 18.8 Å². The van der Waals surface area contributed by atoms with E-state index in [1.807, 2.05) is 6.20 Å². The van der Waals surface area contributed by atoms with Gasteiger partial charge in [0.05, 0.1) is 0 Å². The van der Waals surface area contributed by atoms with E-state index in [1.165, 1.54) is 0 Å². The van der Waals surface area contributed by atoms with Gasteiger partial charge in [-0.1, -0.05) is 6.92 Å². The summed E-state index contributed by atoms with van der Waals surface area (Å²) in [7, 11) is 0. The topological polar surface area (TPSA) is 24.9 Å². The van der Waals surface area contributed by atoms with Crippen molar-refractivity contribution in [2.24, 2.45) is 5.92 Å². The highest BCUT2D eigenvalue weighted by Gasteiger charge is 2.37. The third kappa shape index (κ3) is 5.29. The summed E-state index contributed by atoms with van der Waals surface area (Å²) >= 11 is 3.43. The highest BCUT2D eigenvalue weighted by molar-refractivity contribution is 9.10. The average molecular weight is 361 g/mol. The summed E-state index contributed by atoms with van der Waals surface area (Å²) in [4.78, 5) is 4.19. The number of aromatic nitrogens is 1. The first-order chi connectivity index (χ1) is 10.00. The van der Waals surface area contributed by atoms with E-state index in [1.54, 1.807) is 6.20 Å². The number of nitrogens with one attached hydrogen (secondary N) is 1. The van der Waals surface area contributed by atoms with E-state index in [4.69, 9.17) is 0 Å². The summed E-state index contributed by atoms with van der Waals surface area (Å²) in [5, 5.41) is 3.55. The molecule has 0 spiro atoms. The first kappa shape index (κ1) is 16.8. The number of hydrogen-bond donors (Lipinski definition) is 1. The molecule has 118 valence electrons. The zero-order chi connectivity index (χ0) is 15.3. The maximum atomic E-state index is 13.3. The van der Waals surface area contributed by atoms with Crippen LogP contribution in [0, 0.1) is 5.92 Å². The molecule has 1 aromatic rings. The molecule has 1 aliphatic carbocycles. The predicted octanol–water partition coefficient (Wildman–Crippen LogP) is 4.58. The molecule has 2 nitrogen and oxygen atoms in total. The van der Waals surface area contributed by atoms with Crippen LogP contribution in [0.25, 0.3) is 0 Å². The predicted molar refractivity (Wildman–Crippen MR) is 84.6 cm³/mol. The maximum absolute atomic E-state index is 13.3. The molecule has 0 bridgehead atoms. The summed E-state index contributed by atoms with van der Waals surface area (Å²) in [6, 6.07) is 2.32. The average Bonchev–Trinajstić information content (AvgIpc) is 2.44. The Morgan fingerprint density at radius 3 is 2.71 bits per heavy atom. The Morgan fingerprint density at radius 1 is 1.38 bits per heavy atom. The molecule has 1 aliphatic rings. The molecule has 1 fully saturated rings. The molecule has 0 amide bonds. The SMILES string of the molecule is CCCNC(Cc1cncc(Br)c1)C1CCC(F)(F)CC1. The monoisotopic (exact) mass is 360 g/mol. The van der Waals surface area contributed by atoms with Crippen molar-refractivity contribution in [1.82, 2.24) is 10.3 Å². The van der Waals surface area contributed by atoms with Gasteiger partial charge in [0.2, 0.25) is 5.92 Å². The van der Waals surface area contributed by atoms with E-state index < -0.39 is 5.92 Å². The highest BCUT2D eigenvalue weighted by atomic mass is 79.9. The lowest BCUT2D eigenvalue weighted by Gasteiger charge is -2.34.